The van der Waals surface area contributed by atoms with Gasteiger partial charge in [0.1, 0.15) is 5.52 Å². The fraction of sp³-hybridized carbons (Fsp3) is 0.231. The van der Waals surface area contributed by atoms with Crippen LogP contribution in [0.3, 0.4) is 0 Å². The first-order valence-corrected chi connectivity index (χ1v) is 11.6. The number of carbonyl (C=O) groups excluding carboxylic acids is 1. The van der Waals surface area contributed by atoms with Gasteiger partial charge in [0.25, 0.3) is 11.1 Å². The lowest BCUT2D eigenvalue weighted by Gasteiger charge is -2.10. The highest BCUT2D eigenvalue weighted by molar-refractivity contribution is 7.98. The van der Waals surface area contributed by atoms with Gasteiger partial charge in [0.05, 0.1) is 14.2 Å². The number of hydrogen-bond donors (Lipinski definition) is 1. The van der Waals surface area contributed by atoms with E-state index in [4.69, 9.17) is 13.9 Å². The van der Waals surface area contributed by atoms with Gasteiger partial charge in [-0.1, -0.05) is 36.0 Å². The Morgan fingerprint density at radius 3 is 2.48 bits per heavy atom. The van der Waals surface area contributed by atoms with Crippen LogP contribution in [0.15, 0.2) is 70.3 Å². The summed E-state index contributed by atoms with van der Waals surface area (Å²) in [5.74, 6) is 1.99. The first-order valence-electron chi connectivity index (χ1n) is 10.6. The lowest BCUT2D eigenvalue weighted by Crippen LogP contribution is -2.25. The smallest absolute Gasteiger partial charge is 0.257 e. The lowest BCUT2D eigenvalue weighted by molar-refractivity contribution is 0.0954. The maximum atomic E-state index is 12.5. The Morgan fingerprint density at radius 1 is 0.970 bits per heavy atom. The van der Waals surface area contributed by atoms with E-state index in [0.717, 1.165) is 27.8 Å². The number of rotatable bonds is 9. The number of fused-ring (bicyclic) bond motifs is 1. The van der Waals surface area contributed by atoms with Gasteiger partial charge in [0.15, 0.2) is 17.1 Å². The molecule has 170 valence electrons. The van der Waals surface area contributed by atoms with Gasteiger partial charge in [-0.2, -0.15) is 0 Å². The minimum absolute atomic E-state index is 0.0935. The number of oxazole rings is 1. The molecule has 0 spiro atoms. The van der Waals surface area contributed by atoms with Gasteiger partial charge in [0, 0.05) is 17.9 Å². The molecule has 1 aromatic heterocycles. The molecule has 0 fully saturated rings. The van der Waals surface area contributed by atoms with Gasteiger partial charge in [-0.15, -0.1) is 0 Å². The summed E-state index contributed by atoms with van der Waals surface area (Å²) in [6, 6.07) is 19.4. The second kappa shape index (κ2) is 10.4. The van der Waals surface area contributed by atoms with Crippen molar-refractivity contribution in [2.24, 2.45) is 0 Å². The fourth-order valence-corrected chi connectivity index (χ4v) is 4.23. The first kappa shape index (κ1) is 22.7. The molecule has 3 aromatic carbocycles. The number of nitrogens with zero attached hydrogens (tertiary/aromatic N) is 1. The normalized spacial score (nSPS) is 10.9. The van der Waals surface area contributed by atoms with Crippen molar-refractivity contribution >= 4 is 28.8 Å². The van der Waals surface area contributed by atoms with E-state index in [1.54, 1.807) is 14.2 Å². The quantitative estimate of drug-likeness (QED) is 0.335. The highest BCUT2D eigenvalue weighted by Crippen LogP contribution is 2.28. The molecule has 0 radical (unpaired) electrons. The number of methoxy groups -OCH3 is 2. The van der Waals surface area contributed by atoms with E-state index in [2.05, 4.69) is 10.3 Å². The Bertz CT molecular complexity index is 1250. The molecule has 7 heteroatoms. The molecule has 4 rings (SSSR count). The van der Waals surface area contributed by atoms with Gasteiger partial charge >= 0.3 is 0 Å². The van der Waals surface area contributed by atoms with Crippen LogP contribution >= 0.6 is 11.8 Å². The van der Waals surface area contributed by atoms with E-state index in [9.17, 15) is 4.79 Å². The summed E-state index contributed by atoms with van der Waals surface area (Å²) < 4.78 is 16.4. The number of ether oxygens (including phenoxy) is 2. The van der Waals surface area contributed by atoms with Crippen LogP contribution in [0.25, 0.3) is 11.1 Å². The molecule has 0 aliphatic rings. The SMILES string of the molecule is COc1ccc(CCNC(=O)c2ccc(CSc3nc4cc(C)ccc4o3)cc2)cc1OC. The maximum absolute atomic E-state index is 12.5. The summed E-state index contributed by atoms with van der Waals surface area (Å²) in [6.07, 6.45) is 0.699. The molecule has 6 nitrogen and oxygen atoms in total. The maximum Gasteiger partial charge on any atom is 0.257 e. The topological polar surface area (TPSA) is 73.6 Å². The molecule has 4 aromatic rings. The third-order valence-electron chi connectivity index (χ3n) is 5.25. The van der Waals surface area contributed by atoms with Crippen LogP contribution in [0.2, 0.25) is 0 Å². The summed E-state index contributed by atoms with van der Waals surface area (Å²) in [5.41, 5.74) is 5.62. The van der Waals surface area contributed by atoms with E-state index in [1.807, 2.05) is 67.6 Å². The van der Waals surface area contributed by atoms with Crippen molar-refractivity contribution < 1.29 is 18.7 Å². The third-order valence-corrected chi connectivity index (χ3v) is 6.15. The summed E-state index contributed by atoms with van der Waals surface area (Å²) in [7, 11) is 3.22. The number of hydrogen-bond acceptors (Lipinski definition) is 6. The van der Waals surface area contributed by atoms with Gasteiger partial charge in [-0.05, 0) is 66.4 Å². The van der Waals surface area contributed by atoms with E-state index < -0.39 is 0 Å². The van der Waals surface area contributed by atoms with Crippen molar-refractivity contribution in [2.75, 3.05) is 20.8 Å². The Hall–Kier alpha value is -3.45. The lowest BCUT2D eigenvalue weighted by atomic mass is 10.1. The molecule has 0 atom stereocenters. The van der Waals surface area contributed by atoms with E-state index in [0.29, 0.717) is 41.0 Å². The van der Waals surface area contributed by atoms with Crippen molar-refractivity contribution in [1.82, 2.24) is 10.3 Å². The number of amides is 1. The average Bonchev–Trinajstić information content (AvgIpc) is 3.24. The Labute approximate surface area is 197 Å². The fourth-order valence-electron chi connectivity index (χ4n) is 3.43. The number of benzene rings is 3. The summed E-state index contributed by atoms with van der Waals surface area (Å²) in [5, 5.41) is 3.61. The molecular formula is C26H26N2O4S. The molecule has 33 heavy (non-hydrogen) atoms. The first-order chi connectivity index (χ1) is 16.1. The van der Waals surface area contributed by atoms with E-state index in [1.165, 1.54) is 11.8 Å². The van der Waals surface area contributed by atoms with Crippen LogP contribution in [-0.2, 0) is 12.2 Å². The second-order valence-electron chi connectivity index (χ2n) is 7.63. The molecule has 0 saturated carbocycles. The zero-order chi connectivity index (χ0) is 23.2. The number of carbonyl (C=O) groups is 1. The standard InChI is InChI=1S/C26H26N2O4S/c1-17-4-10-22-21(14-17)28-26(32-22)33-16-19-5-8-20(9-6-19)25(29)27-13-12-18-7-11-23(30-2)24(15-18)31-3/h4-11,14-15H,12-13,16H2,1-3H3,(H,27,29). The number of aromatic nitrogens is 1. The third kappa shape index (κ3) is 5.68. The minimum Gasteiger partial charge on any atom is -0.493 e. The summed E-state index contributed by atoms with van der Waals surface area (Å²) >= 11 is 1.54. The molecule has 0 aliphatic heterocycles. The Balaban J connectivity index is 1.28. The van der Waals surface area contributed by atoms with Crippen LogP contribution in [0, 0.1) is 6.92 Å². The second-order valence-corrected chi connectivity index (χ2v) is 8.56. The van der Waals surface area contributed by atoms with Crippen LogP contribution in [0.5, 0.6) is 11.5 Å². The molecule has 1 heterocycles. The summed E-state index contributed by atoms with van der Waals surface area (Å²) in [4.78, 5) is 17.0. The predicted octanol–water partition coefficient (Wildman–Crippen LogP) is 5.42. The van der Waals surface area contributed by atoms with Crippen molar-refractivity contribution in [3.05, 3.63) is 82.9 Å². The van der Waals surface area contributed by atoms with Crippen molar-refractivity contribution in [1.29, 1.82) is 0 Å². The van der Waals surface area contributed by atoms with Gasteiger partial charge in [-0.25, -0.2) is 4.98 Å². The van der Waals surface area contributed by atoms with E-state index >= 15 is 0 Å². The van der Waals surface area contributed by atoms with Crippen molar-refractivity contribution in [3.63, 3.8) is 0 Å². The van der Waals surface area contributed by atoms with Crippen LogP contribution < -0.4 is 14.8 Å². The average molecular weight is 463 g/mol. The number of nitrogens with one attached hydrogen (secondary N) is 1. The highest BCUT2D eigenvalue weighted by Gasteiger charge is 2.09. The van der Waals surface area contributed by atoms with E-state index in [-0.39, 0.29) is 5.91 Å². The van der Waals surface area contributed by atoms with Crippen molar-refractivity contribution in [2.45, 2.75) is 24.3 Å². The predicted molar refractivity (Wildman–Crippen MR) is 130 cm³/mol. The van der Waals surface area contributed by atoms with Crippen molar-refractivity contribution in [3.8, 4) is 11.5 Å². The molecule has 0 bridgehead atoms. The van der Waals surface area contributed by atoms with Crippen LogP contribution in [0.1, 0.15) is 27.0 Å². The monoisotopic (exact) mass is 462 g/mol. The Kier molecular flexibility index (Phi) is 7.19. The highest BCUT2D eigenvalue weighted by atomic mass is 32.2. The van der Waals surface area contributed by atoms with Crippen LogP contribution in [-0.4, -0.2) is 31.7 Å². The Morgan fingerprint density at radius 2 is 1.73 bits per heavy atom. The zero-order valence-corrected chi connectivity index (χ0v) is 19.7. The number of aryl methyl sites for hydroxylation is 1. The van der Waals surface area contributed by atoms with Gasteiger partial charge in [-0.3, -0.25) is 4.79 Å². The molecule has 0 saturated heterocycles. The molecular weight excluding hydrogens is 436 g/mol. The molecule has 1 N–H and O–H groups in total. The largest absolute Gasteiger partial charge is 0.493 e. The van der Waals surface area contributed by atoms with Gasteiger partial charge < -0.3 is 19.2 Å². The summed E-state index contributed by atoms with van der Waals surface area (Å²) in [6.45, 7) is 2.57. The minimum atomic E-state index is -0.0935. The molecule has 0 aliphatic carbocycles. The molecule has 1 amide bonds. The van der Waals surface area contributed by atoms with Crippen LogP contribution in [0.4, 0.5) is 0 Å². The number of thioether (sulfide) groups is 1. The van der Waals surface area contributed by atoms with Gasteiger partial charge in [0.2, 0.25) is 0 Å². The zero-order valence-electron chi connectivity index (χ0n) is 18.9. The molecule has 0 unspecified atom stereocenters.